The van der Waals surface area contributed by atoms with Crippen LogP contribution in [0.1, 0.15) is 15.6 Å². The summed E-state index contributed by atoms with van der Waals surface area (Å²) in [5.74, 6) is 0.636. The predicted molar refractivity (Wildman–Crippen MR) is 102 cm³/mol. The molecule has 0 radical (unpaired) electrons. The highest BCUT2D eigenvalue weighted by Gasteiger charge is 2.12. The first-order chi connectivity index (χ1) is 13.1. The Morgan fingerprint density at radius 2 is 2.15 bits per heavy atom. The average molecular weight is 404 g/mol. The van der Waals surface area contributed by atoms with Crippen molar-refractivity contribution in [2.45, 2.75) is 11.8 Å². The maximum absolute atomic E-state index is 12.0. The number of nitrogens with zero attached hydrogens (tertiary/aromatic N) is 2. The summed E-state index contributed by atoms with van der Waals surface area (Å²) in [5, 5.41) is 15.3. The molecule has 0 aliphatic rings. The molecular formula is C17H16N4O4S2. The predicted octanol–water partition coefficient (Wildman–Crippen LogP) is 2.80. The Bertz CT molecular complexity index is 911. The number of carbonyl (C=O) groups is 2. The first-order valence-electron chi connectivity index (χ1n) is 7.85. The Labute approximate surface area is 163 Å². The van der Waals surface area contributed by atoms with Gasteiger partial charge in [-0.1, -0.05) is 23.9 Å². The lowest BCUT2D eigenvalue weighted by atomic mass is 10.3. The zero-order valence-electron chi connectivity index (χ0n) is 14.3. The Morgan fingerprint density at radius 3 is 2.93 bits per heavy atom. The molecule has 140 valence electrons. The van der Waals surface area contributed by atoms with Crippen molar-refractivity contribution < 1.29 is 18.7 Å². The molecule has 0 saturated carbocycles. The third kappa shape index (κ3) is 5.56. The van der Waals surface area contributed by atoms with Crippen molar-refractivity contribution in [1.82, 2.24) is 15.5 Å². The number of anilines is 1. The van der Waals surface area contributed by atoms with Crippen LogP contribution in [0.4, 0.5) is 5.69 Å². The van der Waals surface area contributed by atoms with Crippen molar-refractivity contribution in [2.75, 3.05) is 18.2 Å². The monoisotopic (exact) mass is 404 g/mol. The van der Waals surface area contributed by atoms with Crippen molar-refractivity contribution in [3.63, 3.8) is 0 Å². The minimum absolute atomic E-state index is 0.112. The summed E-state index contributed by atoms with van der Waals surface area (Å²) >= 11 is 2.47. The number of thiophene rings is 1. The van der Waals surface area contributed by atoms with Crippen LogP contribution in [0, 0.1) is 0 Å². The molecule has 3 rings (SSSR count). The third-order valence-corrected chi connectivity index (χ3v) is 4.96. The number of methoxy groups -OCH3 is 1. The quantitative estimate of drug-likeness (QED) is 0.556. The van der Waals surface area contributed by atoms with E-state index < -0.39 is 0 Å². The van der Waals surface area contributed by atoms with Gasteiger partial charge in [0.2, 0.25) is 11.8 Å². The molecule has 0 atom stereocenters. The number of benzene rings is 1. The first-order valence-corrected chi connectivity index (χ1v) is 9.71. The number of carbonyl (C=O) groups excluding carboxylic acids is 2. The number of amides is 2. The Kier molecular flexibility index (Phi) is 6.44. The highest BCUT2D eigenvalue weighted by Crippen LogP contribution is 2.19. The van der Waals surface area contributed by atoms with E-state index in [1.165, 1.54) is 11.3 Å². The van der Waals surface area contributed by atoms with E-state index in [-0.39, 0.29) is 35.2 Å². The van der Waals surface area contributed by atoms with Gasteiger partial charge in [-0.2, -0.15) is 0 Å². The zero-order chi connectivity index (χ0) is 19.1. The van der Waals surface area contributed by atoms with E-state index >= 15 is 0 Å². The lowest BCUT2D eigenvalue weighted by Crippen LogP contribution is -2.21. The van der Waals surface area contributed by atoms with Crippen LogP contribution in [-0.4, -0.2) is 34.9 Å². The van der Waals surface area contributed by atoms with Crippen molar-refractivity contribution in [3.05, 3.63) is 52.5 Å². The number of hydrogen-bond acceptors (Lipinski definition) is 8. The molecule has 3 aromatic rings. The molecule has 0 bridgehead atoms. The summed E-state index contributed by atoms with van der Waals surface area (Å²) in [6.45, 7) is 0.125. The first kappa shape index (κ1) is 18.9. The summed E-state index contributed by atoms with van der Waals surface area (Å²) in [7, 11) is 1.56. The van der Waals surface area contributed by atoms with Crippen molar-refractivity contribution in [3.8, 4) is 5.75 Å². The van der Waals surface area contributed by atoms with E-state index in [2.05, 4.69) is 20.8 Å². The van der Waals surface area contributed by atoms with Crippen molar-refractivity contribution in [2.24, 2.45) is 0 Å². The summed E-state index contributed by atoms with van der Waals surface area (Å²) < 4.78 is 10.5. The Morgan fingerprint density at radius 1 is 1.26 bits per heavy atom. The van der Waals surface area contributed by atoms with Crippen LogP contribution in [0.15, 0.2) is 51.4 Å². The van der Waals surface area contributed by atoms with Crippen LogP contribution in [-0.2, 0) is 11.3 Å². The molecule has 0 spiro atoms. The van der Waals surface area contributed by atoms with E-state index in [0.717, 1.165) is 11.8 Å². The lowest BCUT2D eigenvalue weighted by Gasteiger charge is -2.05. The molecule has 2 N–H and O–H groups in total. The van der Waals surface area contributed by atoms with Gasteiger partial charge < -0.3 is 19.8 Å². The number of nitrogens with one attached hydrogen (secondary N) is 2. The highest BCUT2D eigenvalue weighted by molar-refractivity contribution is 7.99. The second-order valence-corrected chi connectivity index (χ2v) is 7.06. The van der Waals surface area contributed by atoms with E-state index in [4.69, 9.17) is 9.15 Å². The summed E-state index contributed by atoms with van der Waals surface area (Å²) in [5.41, 5.74) is 0.641. The van der Waals surface area contributed by atoms with Crippen LogP contribution >= 0.6 is 23.1 Å². The normalized spacial score (nSPS) is 10.4. The number of ether oxygens (including phenoxy) is 1. The molecule has 2 heterocycles. The van der Waals surface area contributed by atoms with Crippen LogP contribution in [0.25, 0.3) is 0 Å². The fourth-order valence-corrected chi connectivity index (χ4v) is 3.26. The van der Waals surface area contributed by atoms with Crippen LogP contribution in [0.5, 0.6) is 5.75 Å². The van der Waals surface area contributed by atoms with Gasteiger partial charge >= 0.3 is 0 Å². The van der Waals surface area contributed by atoms with Gasteiger partial charge in [0.1, 0.15) is 5.75 Å². The largest absolute Gasteiger partial charge is 0.497 e. The molecule has 0 saturated heterocycles. The highest BCUT2D eigenvalue weighted by atomic mass is 32.2. The molecule has 0 unspecified atom stereocenters. The van der Waals surface area contributed by atoms with Crippen LogP contribution in [0.3, 0.4) is 0 Å². The van der Waals surface area contributed by atoms with E-state index in [0.29, 0.717) is 16.3 Å². The molecule has 8 nitrogen and oxygen atoms in total. The minimum atomic E-state index is -0.209. The lowest BCUT2D eigenvalue weighted by molar-refractivity contribution is -0.113. The molecule has 0 fully saturated rings. The molecule has 2 aromatic heterocycles. The topological polar surface area (TPSA) is 106 Å². The van der Waals surface area contributed by atoms with Gasteiger partial charge in [0, 0.05) is 11.8 Å². The van der Waals surface area contributed by atoms with Gasteiger partial charge in [0.25, 0.3) is 11.1 Å². The van der Waals surface area contributed by atoms with Crippen LogP contribution < -0.4 is 15.4 Å². The molecule has 2 amide bonds. The summed E-state index contributed by atoms with van der Waals surface area (Å²) in [4.78, 5) is 24.5. The Hall–Kier alpha value is -2.85. The van der Waals surface area contributed by atoms with Gasteiger partial charge in [0.15, 0.2) is 0 Å². The summed E-state index contributed by atoms with van der Waals surface area (Å²) in [6.07, 6.45) is 0. The molecule has 10 heteroatoms. The van der Waals surface area contributed by atoms with Gasteiger partial charge in [-0.25, -0.2) is 0 Å². The van der Waals surface area contributed by atoms with Crippen molar-refractivity contribution in [1.29, 1.82) is 0 Å². The summed E-state index contributed by atoms with van der Waals surface area (Å²) in [6, 6.07) is 10.6. The third-order valence-electron chi connectivity index (χ3n) is 3.27. The molecule has 0 aliphatic carbocycles. The number of aromatic nitrogens is 2. The fourth-order valence-electron chi connectivity index (χ4n) is 2.04. The SMILES string of the molecule is COc1cccc(NC(=O)CSc2nnc(CNC(=O)c3cccs3)o2)c1. The zero-order valence-corrected chi connectivity index (χ0v) is 15.9. The minimum Gasteiger partial charge on any atom is -0.497 e. The van der Waals surface area contributed by atoms with E-state index in [1.54, 1.807) is 43.5 Å². The second-order valence-electron chi connectivity index (χ2n) is 5.19. The van der Waals surface area contributed by atoms with Gasteiger partial charge in [0.05, 0.1) is 24.3 Å². The number of thioether (sulfide) groups is 1. The Balaban J connectivity index is 1.44. The number of hydrogen-bond donors (Lipinski definition) is 2. The fraction of sp³-hybridized carbons (Fsp3) is 0.176. The molecule has 27 heavy (non-hydrogen) atoms. The number of rotatable bonds is 8. The average Bonchev–Trinajstić information content (AvgIpc) is 3.36. The van der Waals surface area contributed by atoms with Crippen LogP contribution in [0.2, 0.25) is 0 Å². The van der Waals surface area contributed by atoms with Gasteiger partial charge in [-0.3, -0.25) is 9.59 Å². The van der Waals surface area contributed by atoms with Gasteiger partial charge in [-0.05, 0) is 23.6 Å². The van der Waals surface area contributed by atoms with E-state index in [9.17, 15) is 9.59 Å². The smallest absolute Gasteiger partial charge is 0.277 e. The second kappa shape index (κ2) is 9.19. The maximum atomic E-state index is 12.0. The maximum Gasteiger partial charge on any atom is 0.277 e. The van der Waals surface area contributed by atoms with E-state index in [1.807, 2.05) is 5.38 Å². The van der Waals surface area contributed by atoms with Crippen molar-refractivity contribution >= 4 is 40.6 Å². The standard InChI is InChI=1S/C17H16N4O4S2/c1-24-12-5-2-4-11(8-12)19-14(22)10-27-17-21-20-15(25-17)9-18-16(23)13-6-3-7-26-13/h2-8H,9-10H2,1H3,(H,18,23)(H,19,22). The molecular weight excluding hydrogens is 388 g/mol. The molecule has 1 aromatic carbocycles. The van der Waals surface area contributed by atoms with Gasteiger partial charge in [-0.15, -0.1) is 21.5 Å². The molecule has 0 aliphatic heterocycles.